The molecule has 0 spiro atoms. The minimum atomic E-state index is -1.03. The minimum Gasteiger partial charge on any atom is -0.401 e. The van der Waals surface area contributed by atoms with Crippen LogP contribution in [-0.4, -0.2) is 237 Å². The van der Waals surface area contributed by atoms with Gasteiger partial charge in [0.25, 0.3) is 17.7 Å². The molecule has 0 radical (unpaired) electrons. The highest BCUT2D eigenvalue weighted by atomic mass is 16.2. The number of amides is 12. The quantitative estimate of drug-likeness (QED) is 0.0206. The Morgan fingerprint density at radius 1 is 0.500 bits per heavy atom. The average molecular weight is 1820 g/mol. The second kappa shape index (κ2) is 43.2. The molecule has 714 valence electrons. The zero-order valence-corrected chi connectivity index (χ0v) is 79.0. The second-order valence-corrected chi connectivity index (χ2v) is 39.6. The molecule has 5 aromatic rings. The summed E-state index contributed by atoms with van der Waals surface area (Å²) in [6.45, 7) is 22.0. The molecule has 36 heteroatoms. The van der Waals surface area contributed by atoms with Crippen LogP contribution < -0.4 is 86.3 Å². The van der Waals surface area contributed by atoms with E-state index in [1.54, 1.807) is 67.6 Å². The third-order valence-corrected chi connectivity index (χ3v) is 26.8. The number of likely N-dealkylation sites (tertiary alicyclic amines) is 3. The van der Waals surface area contributed by atoms with E-state index in [9.17, 15) is 47.9 Å². The van der Waals surface area contributed by atoms with Crippen LogP contribution in [0.4, 0.5) is 0 Å². The molecular formula is C96H138N24O12. The summed E-state index contributed by atoms with van der Waals surface area (Å²) in [6, 6.07) is 18.0. The van der Waals surface area contributed by atoms with Gasteiger partial charge in [0.1, 0.15) is 36.3 Å². The number of benzene rings is 4. The molecule has 18 N–H and O–H groups in total. The Morgan fingerprint density at radius 2 is 0.871 bits per heavy atom. The molecule has 5 heterocycles. The van der Waals surface area contributed by atoms with Gasteiger partial charge in [-0.15, -0.1) is 10.6 Å². The summed E-state index contributed by atoms with van der Waals surface area (Å²) < 4.78 is 1.62. The van der Waals surface area contributed by atoms with Gasteiger partial charge >= 0.3 is 0 Å². The summed E-state index contributed by atoms with van der Waals surface area (Å²) in [5.41, 5.74) is 18.5. The summed E-state index contributed by atoms with van der Waals surface area (Å²) >= 11 is 0. The van der Waals surface area contributed by atoms with Crippen LogP contribution in [0.2, 0.25) is 0 Å². The fourth-order valence-corrected chi connectivity index (χ4v) is 18.6. The van der Waals surface area contributed by atoms with Gasteiger partial charge < -0.3 is 94.7 Å². The SMILES string of the molecule is CN[C@@H](C)C(=O)N[C@H](C(=O)N1C[C@@H](N(N)/C=C(\N)CCNC(=O)c2cc(C(=O)NCCC3=CN([C@H]4C[C@@H](C(=O)N[C@@H]5CCCc6ccccc65)N(C(=O)[C@@H](NC(=O)[C@H](C)NC)C(C)(C)C)C4)NN3)cc(C(=O)NCCc3cn([C@H]4C[C@@H](C(=O)N[C@@H]5CCCc6ccccc65)N(C(=O)[C@@H](NC(=O)[C@H](C)NC)C(C)(C)C)C4)nn3)c2)C[C@H]1C(=O)N[C@@H]1CCCc2ccccc21)C(C)(C)C. The number of hydrogen-bond donors (Lipinski definition) is 16. The standard InChI is InChI=1S/C96H138N24O12/c1-55(99-13)82(121)108-79(94(4,5)6)91(130)115-52-67(46-76(115)88(127)105-73-34-22-28-58-25-16-19-31-70(58)73)118(98)49-64(97)37-40-102-85(124)61-43-62(86(125)103-41-38-65-50-119(113-111-65)68-47-77(89(128)106-74-35-23-29-59-26-17-20-32-71(59)74)116(53-68)92(131)80(95(7,8)9)109-83(122)56(2)100-14)45-63(44-61)87(126)104-42-39-66-51-120(114-112-66)69-48-78(90(129)107-75-36-24-30-60-27-18-21-33-72(60)75)117(54-69)93(132)81(96(10,11)12)110-84(123)57(3)101-15/h16-21,25-27,31-33,43-45,49-51,55-57,67-69,73-81,99-101,111,113H,22-24,28-30,34-42,46-48,52-54,97-98H2,1-15H3,(H,102,124)(H,103,125)(H,104,126)(H,105,127)(H,106,128)(H,107,129)(H,108,121)(H,109,122)(H,110,123)/b64-49-/t55-,56-,57-,67-,68-,69-,73+,74+,75+,76-,77-,78-,79+,80+,81+/m0/s1. The largest absolute Gasteiger partial charge is 0.401 e. The molecule has 12 rings (SSSR count). The Balaban J connectivity index is 0.749. The van der Waals surface area contributed by atoms with Crippen molar-refractivity contribution in [2.45, 2.75) is 270 Å². The number of nitrogens with zero attached hydrogens (tertiary/aromatic N) is 8. The molecule has 132 heavy (non-hydrogen) atoms. The van der Waals surface area contributed by atoms with Gasteiger partial charge in [0.05, 0.1) is 60.1 Å². The Hall–Kier alpha value is -11.9. The van der Waals surface area contributed by atoms with Gasteiger partial charge in [-0.2, -0.15) is 0 Å². The predicted octanol–water partition coefficient (Wildman–Crippen LogP) is 3.71. The van der Waals surface area contributed by atoms with Gasteiger partial charge in [0, 0.05) is 124 Å². The number of hydrazine groups is 3. The van der Waals surface area contributed by atoms with E-state index in [4.69, 9.17) is 11.6 Å². The Labute approximate surface area is 774 Å². The molecule has 0 bridgehead atoms. The van der Waals surface area contributed by atoms with Crippen LogP contribution in [0.25, 0.3) is 0 Å². The van der Waals surface area contributed by atoms with Crippen LogP contribution in [0.1, 0.15) is 248 Å². The zero-order valence-electron chi connectivity index (χ0n) is 79.0. The smallest absolute Gasteiger partial charge is 0.251 e. The van der Waals surface area contributed by atoms with Crippen molar-refractivity contribution in [3.63, 3.8) is 0 Å². The van der Waals surface area contributed by atoms with E-state index in [1.807, 2.05) is 123 Å². The maximum Gasteiger partial charge on any atom is 0.251 e. The van der Waals surface area contributed by atoms with E-state index < -0.39 is 124 Å². The second-order valence-electron chi connectivity index (χ2n) is 39.6. The zero-order chi connectivity index (χ0) is 95.4. The van der Waals surface area contributed by atoms with Crippen molar-refractivity contribution in [2.75, 3.05) is 60.4 Å². The van der Waals surface area contributed by atoms with Gasteiger partial charge in [0.15, 0.2) is 0 Å². The maximum atomic E-state index is 15.0. The van der Waals surface area contributed by atoms with Crippen LogP contribution in [0.15, 0.2) is 121 Å². The van der Waals surface area contributed by atoms with Gasteiger partial charge in [0.2, 0.25) is 53.2 Å². The van der Waals surface area contributed by atoms with Gasteiger partial charge in [-0.1, -0.05) is 140 Å². The van der Waals surface area contributed by atoms with E-state index >= 15 is 9.59 Å². The molecular weight excluding hydrogens is 1680 g/mol. The van der Waals surface area contributed by atoms with Crippen molar-refractivity contribution in [1.29, 1.82) is 0 Å². The first-order valence-electron chi connectivity index (χ1n) is 46.6. The maximum absolute atomic E-state index is 15.0. The first-order valence-corrected chi connectivity index (χ1v) is 46.6. The minimum absolute atomic E-state index is 0.000771. The van der Waals surface area contributed by atoms with E-state index in [1.165, 1.54) is 34.3 Å². The Bertz CT molecular complexity index is 5110. The number of hydrogen-bond acceptors (Lipinski definition) is 23. The van der Waals surface area contributed by atoms with Crippen molar-refractivity contribution >= 4 is 70.9 Å². The first kappa shape index (κ1) is 99.2. The fraction of sp³-hybridized carbons (Fsp3) is 0.562. The van der Waals surface area contributed by atoms with E-state index in [0.717, 1.165) is 84.7 Å². The van der Waals surface area contributed by atoms with Crippen LogP contribution >= 0.6 is 0 Å². The molecule has 4 aliphatic heterocycles. The number of nitrogens with two attached hydrogens (primary N) is 2. The number of carbonyl (C=O) groups excluding carboxylic acids is 12. The number of nitrogens with one attached hydrogen (secondary N) is 14. The number of aromatic nitrogens is 3. The monoisotopic (exact) mass is 1820 g/mol. The van der Waals surface area contributed by atoms with Crippen molar-refractivity contribution in [1.82, 2.24) is 114 Å². The number of rotatable bonds is 34. The van der Waals surface area contributed by atoms with Crippen molar-refractivity contribution in [3.05, 3.63) is 177 Å². The molecule has 4 aromatic carbocycles. The lowest BCUT2D eigenvalue weighted by Crippen LogP contribution is -2.59. The molecule has 3 aliphatic carbocycles. The number of aryl methyl sites for hydroxylation is 3. The molecule has 12 amide bonds. The average Bonchev–Trinajstić information content (AvgIpc) is 1.63. The molecule has 15 atom stereocenters. The summed E-state index contributed by atoms with van der Waals surface area (Å²) in [5, 5.41) is 48.4. The van der Waals surface area contributed by atoms with Crippen LogP contribution in [-0.2, 0) is 68.8 Å². The number of likely N-dealkylation sites (N-methyl/N-ethyl adjacent to an activating group) is 3. The topological polar surface area (TPSA) is 472 Å². The number of carbonyl (C=O) groups is 12. The van der Waals surface area contributed by atoms with Gasteiger partial charge in [-0.05, 0) is 168 Å². The Morgan fingerprint density at radius 3 is 1.28 bits per heavy atom. The highest BCUT2D eigenvalue weighted by molar-refractivity contribution is 6.05. The third kappa shape index (κ3) is 24.1. The molecule has 3 fully saturated rings. The molecule has 1 aromatic heterocycles. The highest BCUT2D eigenvalue weighted by Crippen LogP contribution is 2.38. The summed E-state index contributed by atoms with van der Waals surface area (Å²) in [4.78, 5) is 178. The summed E-state index contributed by atoms with van der Waals surface area (Å²) in [5.74, 6) is 1.50. The van der Waals surface area contributed by atoms with Crippen LogP contribution in [0.3, 0.4) is 0 Å². The molecule has 0 unspecified atom stereocenters. The van der Waals surface area contributed by atoms with Crippen LogP contribution in [0, 0.1) is 16.2 Å². The molecule has 3 saturated heterocycles. The van der Waals surface area contributed by atoms with Crippen molar-refractivity contribution in [3.8, 4) is 0 Å². The van der Waals surface area contributed by atoms with Crippen molar-refractivity contribution < 1.29 is 57.5 Å². The molecule has 36 nitrogen and oxygen atoms in total. The lowest BCUT2D eigenvalue weighted by Gasteiger charge is -2.36. The Kier molecular flexibility index (Phi) is 32.5. The van der Waals surface area contributed by atoms with E-state index in [-0.39, 0.29) is 154 Å². The predicted molar refractivity (Wildman–Crippen MR) is 498 cm³/mol. The fourth-order valence-electron chi connectivity index (χ4n) is 18.6. The van der Waals surface area contributed by atoms with Crippen molar-refractivity contribution in [2.24, 2.45) is 27.8 Å². The first-order chi connectivity index (χ1) is 62.7. The van der Waals surface area contributed by atoms with Gasteiger partial charge in [-0.25, -0.2) is 10.5 Å². The third-order valence-electron chi connectivity index (χ3n) is 26.8. The van der Waals surface area contributed by atoms with E-state index in [0.29, 0.717) is 17.8 Å². The summed E-state index contributed by atoms with van der Waals surface area (Å²) in [6.07, 6.45) is 13.4. The van der Waals surface area contributed by atoms with Crippen LogP contribution in [0.5, 0.6) is 0 Å². The summed E-state index contributed by atoms with van der Waals surface area (Å²) in [7, 11) is 4.96. The lowest BCUT2D eigenvalue weighted by molar-refractivity contribution is -0.144. The molecule has 7 aliphatic rings. The van der Waals surface area contributed by atoms with Gasteiger partial charge in [-0.3, -0.25) is 62.5 Å². The van der Waals surface area contributed by atoms with E-state index in [2.05, 4.69) is 103 Å². The highest BCUT2D eigenvalue weighted by Gasteiger charge is 2.51. The normalized spacial score (nSPS) is 22.1. The lowest BCUT2D eigenvalue weighted by atomic mass is 9.85. The number of fused-ring (bicyclic) bond motifs is 3. The molecule has 0 saturated carbocycles.